The van der Waals surface area contributed by atoms with Crippen LogP contribution in [0.3, 0.4) is 0 Å². The van der Waals surface area contributed by atoms with Gasteiger partial charge in [-0.25, -0.2) is 23.8 Å². The molecular weight excluding hydrogens is 327 g/mol. The Morgan fingerprint density at radius 3 is 3.16 bits per heavy atom. The Morgan fingerprint density at radius 1 is 1.48 bits per heavy atom. The van der Waals surface area contributed by atoms with Gasteiger partial charge < -0.3 is 15.0 Å². The number of amides is 2. The summed E-state index contributed by atoms with van der Waals surface area (Å²) in [6, 6.07) is 2.62. The van der Waals surface area contributed by atoms with Gasteiger partial charge in [-0.2, -0.15) is 5.10 Å². The van der Waals surface area contributed by atoms with Gasteiger partial charge in [0.25, 0.3) is 5.88 Å². The molecule has 134 valence electrons. The van der Waals surface area contributed by atoms with Crippen molar-refractivity contribution in [2.24, 2.45) is 0 Å². The maximum Gasteiger partial charge on any atom is 0.317 e. The predicted octanol–water partition coefficient (Wildman–Crippen LogP) is 1.59. The lowest BCUT2D eigenvalue weighted by atomic mass is 10.1. The van der Waals surface area contributed by atoms with Crippen molar-refractivity contribution >= 4 is 6.03 Å². The lowest BCUT2D eigenvalue weighted by Crippen LogP contribution is -2.48. The van der Waals surface area contributed by atoms with Crippen molar-refractivity contribution in [3.63, 3.8) is 0 Å². The number of ether oxygens (including phenoxy) is 1. The van der Waals surface area contributed by atoms with Crippen LogP contribution in [0.5, 0.6) is 5.88 Å². The van der Waals surface area contributed by atoms with Crippen molar-refractivity contribution in [3.05, 3.63) is 36.3 Å². The first-order chi connectivity index (χ1) is 12.2. The van der Waals surface area contributed by atoms with E-state index in [0.29, 0.717) is 32.0 Å². The fourth-order valence-electron chi connectivity index (χ4n) is 2.79. The molecule has 0 bridgehead atoms. The standard InChI is InChI=1S/C16H21FN6O2/c1-2-23-14(20-11-21-23)9-19-16(24)22-8-4-5-12(10-22)25-15-13(17)6-3-7-18-15/h3,6-7,11-12H,2,4-5,8-10H2,1H3,(H,19,24). The summed E-state index contributed by atoms with van der Waals surface area (Å²) in [5, 5.41) is 6.91. The first kappa shape index (κ1) is 17.1. The molecule has 3 heterocycles. The average Bonchev–Trinajstić information content (AvgIpc) is 3.09. The van der Waals surface area contributed by atoms with Crippen LogP contribution in [0, 0.1) is 5.82 Å². The highest BCUT2D eigenvalue weighted by atomic mass is 19.1. The molecular formula is C16H21FN6O2. The minimum Gasteiger partial charge on any atom is -0.470 e. The molecule has 25 heavy (non-hydrogen) atoms. The summed E-state index contributed by atoms with van der Waals surface area (Å²) in [6.45, 7) is 3.99. The number of carbonyl (C=O) groups excluding carboxylic acids is 1. The molecule has 1 unspecified atom stereocenters. The van der Waals surface area contributed by atoms with Gasteiger partial charge in [0.1, 0.15) is 18.3 Å². The van der Waals surface area contributed by atoms with Crippen LogP contribution in [0.2, 0.25) is 0 Å². The van der Waals surface area contributed by atoms with Crippen molar-refractivity contribution in [2.75, 3.05) is 13.1 Å². The second kappa shape index (κ2) is 7.91. The Labute approximate surface area is 145 Å². The van der Waals surface area contributed by atoms with Crippen LogP contribution < -0.4 is 10.1 Å². The van der Waals surface area contributed by atoms with E-state index in [2.05, 4.69) is 20.4 Å². The molecule has 2 aromatic rings. The number of piperidine rings is 1. The van der Waals surface area contributed by atoms with Gasteiger partial charge in [-0.1, -0.05) is 0 Å². The molecule has 0 radical (unpaired) electrons. The van der Waals surface area contributed by atoms with E-state index in [9.17, 15) is 9.18 Å². The number of carbonyl (C=O) groups is 1. The van der Waals surface area contributed by atoms with E-state index in [1.165, 1.54) is 24.7 Å². The van der Waals surface area contributed by atoms with Crippen LogP contribution in [0.1, 0.15) is 25.6 Å². The number of rotatable bonds is 5. The number of nitrogens with zero attached hydrogens (tertiary/aromatic N) is 5. The number of halogens is 1. The third-order valence-electron chi connectivity index (χ3n) is 4.06. The van der Waals surface area contributed by atoms with E-state index >= 15 is 0 Å². The van der Waals surface area contributed by atoms with Crippen LogP contribution in [-0.2, 0) is 13.1 Å². The number of likely N-dealkylation sites (tertiary alicyclic amines) is 1. The van der Waals surface area contributed by atoms with Gasteiger partial charge in [0.15, 0.2) is 5.82 Å². The molecule has 2 aromatic heterocycles. The largest absolute Gasteiger partial charge is 0.470 e. The number of pyridine rings is 1. The fourth-order valence-corrected chi connectivity index (χ4v) is 2.79. The predicted molar refractivity (Wildman–Crippen MR) is 87.3 cm³/mol. The Morgan fingerprint density at radius 2 is 2.36 bits per heavy atom. The molecule has 1 atom stereocenters. The molecule has 0 aliphatic carbocycles. The zero-order valence-corrected chi connectivity index (χ0v) is 14.1. The molecule has 1 aliphatic rings. The summed E-state index contributed by atoms with van der Waals surface area (Å²) in [5.74, 6) is 0.185. The molecule has 0 saturated carbocycles. The van der Waals surface area contributed by atoms with Crippen LogP contribution in [0.15, 0.2) is 24.7 Å². The SMILES string of the molecule is CCn1ncnc1CNC(=O)N1CCCC(Oc2ncccc2F)C1. The number of urea groups is 1. The summed E-state index contributed by atoms with van der Waals surface area (Å²) >= 11 is 0. The smallest absolute Gasteiger partial charge is 0.317 e. The van der Waals surface area contributed by atoms with E-state index in [1.807, 2.05) is 6.92 Å². The number of hydrogen-bond donors (Lipinski definition) is 1. The van der Waals surface area contributed by atoms with E-state index in [-0.39, 0.29) is 18.0 Å². The minimum atomic E-state index is -0.497. The first-order valence-electron chi connectivity index (χ1n) is 8.34. The normalized spacial score (nSPS) is 17.4. The summed E-state index contributed by atoms with van der Waals surface area (Å²) in [7, 11) is 0. The van der Waals surface area contributed by atoms with Crippen LogP contribution in [-0.4, -0.2) is 49.9 Å². The maximum atomic E-state index is 13.7. The Kier molecular flexibility index (Phi) is 5.42. The summed E-state index contributed by atoms with van der Waals surface area (Å²) in [6.07, 6.45) is 4.22. The molecule has 1 aliphatic heterocycles. The molecule has 2 amide bonds. The first-order valence-corrected chi connectivity index (χ1v) is 8.34. The molecule has 8 nitrogen and oxygen atoms in total. The van der Waals surface area contributed by atoms with Crippen LogP contribution in [0.25, 0.3) is 0 Å². The van der Waals surface area contributed by atoms with Gasteiger partial charge in [0.05, 0.1) is 13.1 Å². The number of aromatic nitrogens is 4. The van der Waals surface area contributed by atoms with Gasteiger partial charge in [-0.15, -0.1) is 0 Å². The molecule has 0 aromatic carbocycles. The number of nitrogens with one attached hydrogen (secondary N) is 1. The van der Waals surface area contributed by atoms with Crippen LogP contribution >= 0.6 is 0 Å². The van der Waals surface area contributed by atoms with Crippen LogP contribution in [0.4, 0.5) is 9.18 Å². The van der Waals surface area contributed by atoms with E-state index in [1.54, 1.807) is 9.58 Å². The zero-order chi connectivity index (χ0) is 17.6. The monoisotopic (exact) mass is 348 g/mol. The maximum absolute atomic E-state index is 13.7. The second-order valence-corrected chi connectivity index (χ2v) is 5.77. The Bertz CT molecular complexity index is 722. The summed E-state index contributed by atoms with van der Waals surface area (Å²) in [4.78, 5) is 22.1. The summed E-state index contributed by atoms with van der Waals surface area (Å²) in [5.41, 5.74) is 0. The van der Waals surface area contributed by atoms with Crippen molar-refractivity contribution in [1.82, 2.24) is 30.0 Å². The number of aryl methyl sites for hydroxylation is 1. The Hall–Kier alpha value is -2.71. The summed E-state index contributed by atoms with van der Waals surface area (Å²) < 4.78 is 21.0. The highest BCUT2D eigenvalue weighted by molar-refractivity contribution is 5.74. The highest BCUT2D eigenvalue weighted by Crippen LogP contribution is 2.19. The van der Waals surface area contributed by atoms with Crippen molar-refractivity contribution in [1.29, 1.82) is 0 Å². The lowest BCUT2D eigenvalue weighted by molar-refractivity contribution is 0.0941. The average molecular weight is 348 g/mol. The van der Waals surface area contributed by atoms with Gasteiger partial charge in [-0.05, 0) is 31.9 Å². The minimum absolute atomic E-state index is 0.0224. The quantitative estimate of drug-likeness (QED) is 0.887. The third kappa shape index (κ3) is 4.23. The Balaban J connectivity index is 1.54. The lowest BCUT2D eigenvalue weighted by Gasteiger charge is -2.32. The van der Waals surface area contributed by atoms with Gasteiger partial charge in [0.2, 0.25) is 0 Å². The second-order valence-electron chi connectivity index (χ2n) is 5.77. The zero-order valence-electron chi connectivity index (χ0n) is 14.1. The topological polar surface area (TPSA) is 85.2 Å². The fraction of sp³-hybridized carbons (Fsp3) is 0.500. The molecule has 9 heteroatoms. The highest BCUT2D eigenvalue weighted by Gasteiger charge is 2.26. The van der Waals surface area contributed by atoms with Crippen molar-refractivity contribution in [2.45, 2.75) is 39.0 Å². The van der Waals surface area contributed by atoms with Crippen molar-refractivity contribution < 1.29 is 13.9 Å². The molecule has 1 saturated heterocycles. The molecule has 1 N–H and O–H groups in total. The molecule has 0 spiro atoms. The molecule has 3 rings (SSSR count). The third-order valence-corrected chi connectivity index (χ3v) is 4.06. The number of hydrogen-bond acceptors (Lipinski definition) is 5. The van der Waals surface area contributed by atoms with E-state index in [0.717, 1.165) is 12.8 Å². The van der Waals surface area contributed by atoms with E-state index in [4.69, 9.17) is 4.74 Å². The van der Waals surface area contributed by atoms with E-state index < -0.39 is 5.82 Å². The van der Waals surface area contributed by atoms with Crippen molar-refractivity contribution in [3.8, 4) is 5.88 Å². The van der Waals surface area contributed by atoms with Gasteiger partial charge in [-0.3, -0.25) is 0 Å². The van der Waals surface area contributed by atoms with Gasteiger partial charge in [0, 0.05) is 19.3 Å². The molecule has 1 fully saturated rings. The van der Waals surface area contributed by atoms with Gasteiger partial charge >= 0.3 is 6.03 Å².